The van der Waals surface area contributed by atoms with Gasteiger partial charge in [0.15, 0.2) is 0 Å². The summed E-state index contributed by atoms with van der Waals surface area (Å²) >= 11 is 1.09. The highest BCUT2D eigenvalue weighted by Crippen LogP contribution is 2.34. The van der Waals surface area contributed by atoms with Gasteiger partial charge in [-0.25, -0.2) is 0 Å². The summed E-state index contributed by atoms with van der Waals surface area (Å²) in [5, 5.41) is 1.20. The summed E-state index contributed by atoms with van der Waals surface area (Å²) in [6, 6.07) is 8.64. The molecule has 0 radical (unpaired) electrons. The Labute approximate surface area is 122 Å². The fourth-order valence-electron chi connectivity index (χ4n) is 2.05. The normalized spacial score (nSPS) is 13.2. The molecule has 0 saturated heterocycles. The van der Waals surface area contributed by atoms with E-state index in [1.54, 1.807) is 39.8 Å². The lowest BCUT2D eigenvalue weighted by Crippen LogP contribution is -2.41. The van der Waals surface area contributed by atoms with Crippen LogP contribution in [0.3, 0.4) is 0 Å². The minimum Gasteiger partial charge on any atom is -0.362 e. The highest BCUT2D eigenvalue weighted by Gasteiger charge is 2.39. The highest BCUT2D eigenvalue weighted by molar-refractivity contribution is 8.02. The second-order valence-corrected chi connectivity index (χ2v) is 5.97. The Morgan fingerprint density at radius 3 is 1.95 bits per heavy atom. The first kappa shape index (κ1) is 17.0. The van der Waals surface area contributed by atoms with Crippen molar-refractivity contribution in [1.29, 1.82) is 0 Å². The molecule has 0 amide bonds. The number of hydrogen-bond acceptors (Lipinski definition) is 2. The molecule has 0 spiro atoms. The Hall–Kier alpha value is -1.10. The molecule has 0 aliphatic rings. The van der Waals surface area contributed by atoms with Gasteiger partial charge >= 0.3 is 6.18 Å². The van der Waals surface area contributed by atoms with Crippen LogP contribution in [-0.2, 0) is 0 Å². The van der Waals surface area contributed by atoms with E-state index < -0.39 is 11.9 Å². The van der Waals surface area contributed by atoms with Crippen molar-refractivity contribution in [2.24, 2.45) is 0 Å². The van der Waals surface area contributed by atoms with Crippen LogP contribution in [0.15, 0.2) is 46.3 Å². The molecule has 0 heterocycles. The average Bonchev–Trinajstić information content (AvgIpc) is 2.33. The van der Waals surface area contributed by atoms with Gasteiger partial charge in [-0.1, -0.05) is 30.0 Å². The molecule has 20 heavy (non-hydrogen) atoms. The molecule has 5 heteroatoms. The largest absolute Gasteiger partial charge is 0.431 e. The van der Waals surface area contributed by atoms with Crippen molar-refractivity contribution in [3.8, 4) is 0 Å². The maximum Gasteiger partial charge on any atom is 0.431 e. The molecule has 1 rings (SSSR count). The molecule has 0 saturated carbocycles. The minimum atomic E-state index is -4.35. The predicted octanol–water partition coefficient (Wildman–Crippen LogP) is 5.30. The average molecular weight is 303 g/mol. The van der Waals surface area contributed by atoms with Gasteiger partial charge in [-0.3, -0.25) is 0 Å². The third-order valence-corrected chi connectivity index (χ3v) is 3.62. The molecule has 0 unspecified atom stereocenters. The van der Waals surface area contributed by atoms with Crippen LogP contribution < -0.4 is 0 Å². The van der Waals surface area contributed by atoms with Crippen LogP contribution in [0.2, 0.25) is 0 Å². The summed E-state index contributed by atoms with van der Waals surface area (Å²) in [5.41, 5.74) is -0.587. The quantitative estimate of drug-likeness (QED) is 0.679. The monoisotopic (exact) mass is 303 g/mol. The predicted molar refractivity (Wildman–Crippen MR) is 78.5 cm³/mol. The second-order valence-electron chi connectivity index (χ2n) is 5.03. The molecular formula is C15H20F3NS. The van der Waals surface area contributed by atoms with Gasteiger partial charge in [0.05, 0.1) is 0 Å². The van der Waals surface area contributed by atoms with E-state index in [0.717, 1.165) is 16.7 Å². The molecule has 1 aromatic carbocycles. The summed E-state index contributed by atoms with van der Waals surface area (Å²) < 4.78 is 39.8. The third kappa shape index (κ3) is 4.78. The number of allylic oxidation sites excluding steroid dienone is 1. The van der Waals surface area contributed by atoms with Crippen LogP contribution >= 0.6 is 11.8 Å². The van der Waals surface area contributed by atoms with Crippen LogP contribution in [0.25, 0.3) is 0 Å². The molecule has 0 bridgehead atoms. The number of benzene rings is 1. The van der Waals surface area contributed by atoms with Crippen LogP contribution in [0.1, 0.15) is 27.7 Å². The SMILES string of the molecule is CC(C)N(/C(=C/Sc1ccccc1)C(F)(F)F)C(C)C. The van der Waals surface area contributed by atoms with Crippen LogP contribution in [0, 0.1) is 0 Å². The van der Waals surface area contributed by atoms with Crippen LogP contribution in [-0.4, -0.2) is 23.2 Å². The lowest BCUT2D eigenvalue weighted by Gasteiger charge is -2.35. The van der Waals surface area contributed by atoms with Crippen LogP contribution in [0.5, 0.6) is 0 Å². The molecule has 1 nitrogen and oxygen atoms in total. The summed E-state index contributed by atoms with van der Waals surface area (Å²) in [7, 11) is 0. The fourth-order valence-corrected chi connectivity index (χ4v) is 2.87. The number of hydrogen-bond donors (Lipinski definition) is 0. The van der Waals surface area contributed by atoms with E-state index in [0.29, 0.717) is 0 Å². The Kier molecular flexibility index (Phi) is 5.99. The lowest BCUT2D eigenvalue weighted by molar-refractivity contribution is -0.117. The molecule has 1 aromatic rings. The maximum atomic E-state index is 13.3. The first-order chi connectivity index (χ1) is 9.23. The molecule has 0 N–H and O–H groups in total. The van der Waals surface area contributed by atoms with Crippen LogP contribution in [0.4, 0.5) is 13.2 Å². The highest BCUT2D eigenvalue weighted by atomic mass is 32.2. The van der Waals surface area contributed by atoms with E-state index >= 15 is 0 Å². The van der Waals surface area contributed by atoms with Crippen molar-refractivity contribution in [2.45, 2.75) is 50.9 Å². The molecule has 112 valence electrons. The number of thioether (sulfide) groups is 1. The Morgan fingerprint density at radius 2 is 1.55 bits per heavy atom. The van der Waals surface area contributed by atoms with E-state index in [4.69, 9.17) is 0 Å². The first-order valence-electron chi connectivity index (χ1n) is 6.51. The van der Waals surface area contributed by atoms with Crippen molar-refractivity contribution in [3.05, 3.63) is 41.4 Å². The van der Waals surface area contributed by atoms with Gasteiger partial charge in [-0.2, -0.15) is 13.2 Å². The molecular weight excluding hydrogens is 283 g/mol. The van der Waals surface area contributed by atoms with Crippen molar-refractivity contribution >= 4 is 11.8 Å². The smallest absolute Gasteiger partial charge is 0.362 e. The molecule has 0 aliphatic heterocycles. The molecule has 0 aromatic heterocycles. The second kappa shape index (κ2) is 7.07. The van der Waals surface area contributed by atoms with Crippen molar-refractivity contribution in [3.63, 3.8) is 0 Å². The van der Waals surface area contributed by atoms with Crippen molar-refractivity contribution in [1.82, 2.24) is 4.90 Å². The lowest BCUT2D eigenvalue weighted by atomic mass is 10.2. The van der Waals surface area contributed by atoms with Gasteiger partial charge in [-0.15, -0.1) is 0 Å². The van der Waals surface area contributed by atoms with E-state index in [1.165, 1.54) is 10.3 Å². The van der Waals surface area contributed by atoms with E-state index in [-0.39, 0.29) is 12.1 Å². The van der Waals surface area contributed by atoms with Gasteiger partial charge in [0.1, 0.15) is 5.70 Å². The molecule has 0 aliphatic carbocycles. The van der Waals surface area contributed by atoms with Gasteiger partial charge < -0.3 is 4.90 Å². The number of halogens is 3. The van der Waals surface area contributed by atoms with Gasteiger partial charge in [0.2, 0.25) is 0 Å². The number of nitrogens with zero attached hydrogens (tertiary/aromatic N) is 1. The Balaban J connectivity index is 3.06. The third-order valence-electron chi connectivity index (χ3n) is 2.73. The standard InChI is InChI=1S/C15H20F3NS/c1-11(2)19(12(3)4)14(15(16,17)18)10-20-13-8-6-5-7-9-13/h5-12H,1-4H3/b14-10+. The van der Waals surface area contributed by atoms with E-state index in [9.17, 15) is 13.2 Å². The van der Waals surface area contributed by atoms with Gasteiger partial charge in [-0.05, 0) is 39.8 Å². The molecule has 0 atom stereocenters. The van der Waals surface area contributed by atoms with E-state index in [1.807, 2.05) is 18.2 Å². The topological polar surface area (TPSA) is 3.24 Å². The van der Waals surface area contributed by atoms with Crippen molar-refractivity contribution in [2.75, 3.05) is 0 Å². The summed E-state index contributed by atoms with van der Waals surface area (Å²) in [5.74, 6) is 0. The first-order valence-corrected chi connectivity index (χ1v) is 7.39. The van der Waals surface area contributed by atoms with Gasteiger partial charge in [0.25, 0.3) is 0 Å². The zero-order valence-corrected chi connectivity index (χ0v) is 12.9. The van der Waals surface area contributed by atoms with Crippen molar-refractivity contribution < 1.29 is 13.2 Å². The summed E-state index contributed by atoms with van der Waals surface area (Å²) in [6.45, 7) is 7.08. The maximum absolute atomic E-state index is 13.3. The number of rotatable bonds is 5. The Bertz CT molecular complexity index is 430. The number of alkyl halides is 3. The summed E-state index contributed by atoms with van der Waals surface area (Å²) in [4.78, 5) is 2.19. The zero-order chi connectivity index (χ0) is 15.3. The zero-order valence-electron chi connectivity index (χ0n) is 12.1. The molecule has 0 fully saturated rings. The summed E-state index contributed by atoms with van der Waals surface area (Å²) in [6.07, 6.45) is -4.35. The Morgan fingerprint density at radius 1 is 1.05 bits per heavy atom. The minimum absolute atomic E-state index is 0.209. The van der Waals surface area contributed by atoms with Gasteiger partial charge in [0, 0.05) is 22.4 Å². The fraction of sp³-hybridized carbons (Fsp3) is 0.467. The van der Waals surface area contributed by atoms with E-state index in [2.05, 4.69) is 0 Å².